The highest BCUT2D eigenvalue weighted by atomic mass is 16.2. The number of anilines is 1. The van der Waals surface area contributed by atoms with E-state index in [0.29, 0.717) is 6.54 Å². The number of nitrogens with two attached hydrogens (primary N) is 1. The fraction of sp³-hybridized carbons (Fsp3) is 0.500. The standard InChI is InChI=1S/C14H20N2O/c1-3-11-12-8-10(5-4-6-15)7-9(2)13(12)16-14(11)17/h7-8,11H,3-6,15H2,1-2H3,(H,16,17). The van der Waals surface area contributed by atoms with Crippen molar-refractivity contribution in [3.05, 3.63) is 28.8 Å². The van der Waals surface area contributed by atoms with Gasteiger partial charge in [-0.15, -0.1) is 0 Å². The lowest BCUT2D eigenvalue weighted by Crippen LogP contribution is -2.10. The maximum absolute atomic E-state index is 11.8. The minimum Gasteiger partial charge on any atom is -0.330 e. The Kier molecular flexibility index (Phi) is 3.48. The molecule has 0 bridgehead atoms. The van der Waals surface area contributed by atoms with Crippen LogP contribution in [-0.4, -0.2) is 12.5 Å². The van der Waals surface area contributed by atoms with Crippen molar-refractivity contribution in [1.82, 2.24) is 0 Å². The van der Waals surface area contributed by atoms with Crippen molar-refractivity contribution in [3.8, 4) is 0 Å². The predicted octanol–water partition coefficient (Wildman–Crippen LogP) is 2.33. The number of amides is 1. The molecule has 0 fully saturated rings. The summed E-state index contributed by atoms with van der Waals surface area (Å²) in [5.41, 5.74) is 10.2. The van der Waals surface area contributed by atoms with Crippen LogP contribution in [0.2, 0.25) is 0 Å². The smallest absolute Gasteiger partial charge is 0.232 e. The zero-order valence-corrected chi connectivity index (χ0v) is 10.5. The van der Waals surface area contributed by atoms with Gasteiger partial charge in [0.1, 0.15) is 0 Å². The zero-order valence-electron chi connectivity index (χ0n) is 10.5. The largest absolute Gasteiger partial charge is 0.330 e. The molecule has 1 atom stereocenters. The van der Waals surface area contributed by atoms with Gasteiger partial charge in [0, 0.05) is 5.69 Å². The number of hydrogen-bond acceptors (Lipinski definition) is 2. The van der Waals surface area contributed by atoms with E-state index in [1.165, 1.54) is 16.7 Å². The van der Waals surface area contributed by atoms with Gasteiger partial charge in [0.15, 0.2) is 0 Å². The molecule has 0 spiro atoms. The summed E-state index contributed by atoms with van der Waals surface area (Å²) in [4.78, 5) is 11.8. The quantitative estimate of drug-likeness (QED) is 0.837. The third-order valence-electron chi connectivity index (χ3n) is 3.44. The Balaban J connectivity index is 2.36. The highest BCUT2D eigenvalue weighted by Gasteiger charge is 2.30. The summed E-state index contributed by atoms with van der Waals surface area (Å²) in [7, 11) is 0. The Morgan fingerprint density at radius 2 is 2.18 bits per heavy atom. The highest BCUT2D eigenvalue weighted by Crippen LogP contribution is 2.37. The van der Waals surface area contributed by atoms with E-state index in [0.717, 1.165) is 24.9 Å². The van der Waals surface area contributed by atoms with Crippen molar-refractivity contribution in [2.75, 3.05) is 11.9 Å². The SMILES string of the molecule is CCC1C(=O)Nc2c(C)cc(CCCN)cc21. The summed E-state index contributed by atoms with van der Waals surface area (Å²) < 4.78 is 0. The van der Waals surface area contributed by atoms with E-state index in [1.54, 1.807) is 0 Å². The Morgan fingerprint density at radius 3 is 2.82 bits per heavy atom. The predicted molar refractivity (Wildman–Crippen MR) is 70.2 cm³/mol. The normalized spacial score (nSPS) is 18.1. The van der Waals surface area contributed by atoms with Crippen molar-refractivity contribution >= 4 is 11.6 Å². The first-order valence-electron chi connectivity index (χ1n) is 6.31. The number of rotatable bonds is 4. The zero-order chi connectivity index (χ0) is 12.4. The Bertz CT molecular complexity index is 440. The lowest BCUT2D eigenvalue weighted by molar-refractivity contribution is -0.117. The molecular weight excluding hydrogens is 212 g/mol. The average Bonchev–Trinajstić information content (AvgIpc) is 2.63. The average molecular weight is 232 g/mol. The van der Waals surface area contributed by atoms with Crippen LogP contribution in [0.4, 0.5) is 5.69 Å². The van der Waals surface area contributed by atoms with Crippen LogP contribution in [0.15, 0.2) is 12.1 Å². The molecule has 0 saturated carbocycles. The minimum absolute atomic E-state index is 0.0292. The fourth-order valence-corrected chi connectivity index (χ4v) is 2.54. The summed E-state index contributed by atoms with van der Waals surface area (Å²) in [5, 5.41) is 2.99. The van der Waals surface area contributed by atoms with Gasteiger partial charge in [0.05, 0.1) is 5.92 Å². The molecule has 1 unspecified atom stereocenters. The summed E-state index contributed by atoms with van der Waals surface area (Å²) in [6.07, 6.45) is 2.85. The molecule has 2 rings (SSSR count). The van der Waals surface area contributed by atoms with E-state index in [2.05, 4.69) is 31.3 Å². The molecule has 0 aliphatic carbocycles. The van der Waals surface area contributed by atoms with E-state index >= 15 is 0 Å². The van der Waals surface area contributed by atoms with Crippen LogP contribution in [0.25, 0.3) is 0 Å². The van der Waals surface area contributed by atoms with E-state index in [4.69, 9.17) is 5.73 Å². The highest BCUT2D eigenvalue weighted by molar-refractivity contribution is 6.03. The van der Waals surface area contributed by atoms with Gasteiger partial charge >= 0.3 is 0 Å². The molecule has 3 heteroatoms. The van der Waals surface area contributed by atoms with Gasteiger partial charge in [0.2, 0.25) is 5.91 Å². The van der Waals surface area contributed by atoms with Crippen molar-refractivity contribution in [3.63, 3.8) is 0 Å². The minimum atomic E-state index is 0.0292. The first-order valence-corrected chi connectivity index (χ1v) is 6.31. The van der Waals surface area contributed by atoms with Crippen molar-refractivity contribution < 1.29 is 4.79 Å². The van der Waals surface area contributed by atoms with Crippen LogP contribution >= 0.6 is 0 Å². The van der Waals surface area contributed by atoms with E-state index in [1.807, 2.05) is 0 Å². The van der Waals surface area contributed by atoms with Gasteiger partial charge < -0.3 is 11.1 Å². The number of aryl methyl sites for hydroxylation is 2. The first-order chi connectivity index (χ1) is 8.17. The van der Waals surface area contributed by atoms with Crippen LogP contribution in [0, 0.1) is 6.92 Å². The van der Waals surface area contributed by atoms with Crippen molar-refractivity contribution in [2.24, 2.45) is 5.73 Å². The molecular formula is C14H20N2O. The van der Waals surface area contributed by atoms with E-state index in [-0.39, 0.29) is 11.8 Å². The number of carbonyl (C=O) groups is 1. The number of hydrogen-bond donors (Lipinski definition) is 2. The van der Waals surface area contributed by atoms with E-state index in [9.17, 15) is 4.79 Å². The molecule has 3 nitrogen and oxygen atoms in total. The number of benzene rings is 1. The second-order valence-electron chi connectivity index (χ2n) is 4.72. The van der Waals surface area contributed by atoms with Crippen LogP contribution in [-0.2, 0) is 11.2 Å². The number of carbonyl (C=O) groups excluding carboxylic acids is 1. The lowest BCUT2D eigenvalue weighted by atomic mass is 9.93. The maximum Gasteiger partial charge on any atom is 0.232 e. The summed E-state index contributed by atoms with van der Waals surface area (Å²) in [6.45, 7) is 4.83. The molecule has 92 valence electrons. The second-order valence-corrected chi connectivity index (χ2v) is 4.72. The number of fused-ring (bicyclic) bond motifs is 1. The molecule has 1 heterocycles. The summed E-state index contributed by atoms with van der Waals surface area (Å²) >= 11 is 0. The summed E-state index contributed by atoms with van der Waals surface area (Å²) in [5.74, 6) is 0.170. The fourth-order valence-electron chi connectivity index (χ4n) is 2.54. The number of nitrogens with one attached hydrogen (secondary N) is 1. The molecule has 1 aliphatic rings. The monoisotopic (exact) mass is 232 g/mol. The van der Waals surface area contributed by atoms with Gasteiger partial charge in [-0.05, 0) is 49.4 Å². The van der Waals surface area contributed by atoms with Crippen LogP contribution in [0.3, 0.4) is 0 Å². The molecule has 0 saturated heterocycles. The van der Waals surface area contributed by atoms with Gasteiger partial charge in [-0.1, -0.05) is 19.1 Å². The molecule has 17 heavy (non-hydrogen) atoms. The van der Waals surface area contributed by atoms with Gasteiger partial charge in [-0.2, -0.15) is 0 Å². The van der Waals surface area contributed by atoms with E-state index < -0.39 is 0 Å². The van der Waals surface area contributed by atoms with Crippen molar-refractivity contribution in [2.45, 2.75) is 39.0 Å². The third-order valence-corrected chi connectivity index (χ3v) is 3.44. The van der Waals surface area contributed by atoms with Gasteiger partial charge in [0.25, 0.3) is 0 Å². The summed E-state index contributed by atoms with van der Waals surface area (Å²) in [6, 6.07) is 4.33. The van der Waals surface area contributed by atoms with Gasteiger partial charge in [-0.25, -0.2) is 0 Å². The lowest BCUT2D eigenvalue weighted by Gasteiger charge is -2.10. The Hall–Kier alpha value is -1.35. The third kappa shape index (κ3) is 2.20. The van der Waals surface area contributed by atoms with Crippen LogP contribution in [0.5, 0.6) is 0 Å². The Morgan fingerprint density at radius 1 is 1.41 bits per heavy atom. The van der Waals surface area contributed by atoms with Gasteiger partial charge in [-0.3, -0.25) is 4.79 Å². The molecule has 0 aromatic heterocycles. The second kappa shape index (κ2) is 4.88. The molecule has 1 amide bonds. The first kappa shape index (κ1) is 12.1. The molecule has 1 aromatic carbocycles. The molecule has 1 aromatic rings. The molecule has 0 radical (unpaired) electrons. The van der Waals surface area contributed by atoms with Crippen LogP contribution in [0.1, 0.15) is 42.4 Å². The molecule has 3 N–H and O–H groups in total. The topological polar surface area (TPSA) is 55.1 Å². The van der Waals surface area contributed by atoms with Crippen LogP contribution < -0.4 is 11.1 Å². The Labute approximate surface area is 102 Å². The maximum atomic E-state index is 11.8. The van der Waals surface area contributed by atoms with Crippen molar-refractivity contribution in [1.29, 1.82) is 0 Å². The molecule has 1 aliphatic heterocycles.